The summed E-state index contributed by atoms with van der Waals surface area (Å²) >= 11 is 0. The van der Waals surface area contributed by atoms with Crippen LogP contribution in [-0.2, 0) is 20.9 Å². The van der Waals surface area contributed by atoms with Crippen LogP contribution in [0.3, 0.4) is 0 Å². The molecule has 0 aliphatic carbocycles. The Kier molecular flexibility index (Phi) is 7.50. The third-order valence-corrected chi connectivity index (χ3v) is 6.74. The van der Waals surface area contributed by atoms with Crippen LogP contribution in [0, 0.1) is 12.8 Å². The standard InChI is InChI=1S/C27H34N4O4/c1-19(2)15-24(32)30-13-9-27(10-14-30)31(26(34)22-6-4-5-20(3)16-22)23(18-35-27)25(33)29-17-21-7-11-28-12-8-21/h4-8,11-12,16,19,23H,9-10,13-15,17-18H2,1-3H3,(H,29,33)/t23-/m1/s1. The molecule has 1 N–H and O–H groups in total. The van der Waals surface area contributed by atoms with Gasteiger partial charge in [-0.2, -0.15) is 0 Å². The van der Waals surface area contributed by atoms with Crippen molar-refractivity contribution in [3.05, 3.63) is 65.5 Å². The lowest BCUT2D eigenvalue weighted by atomic mass is 9.95. The van der Waals surface area contributed by atoms with E-state index in [9.17, 15) is 14.4 Å². The molecule has 1 spiro atoms. The van der Waals surface area contributed by atoms with E-state index in [1.165, 1.54) is 0 Å². The molecule has 2 saturated heterocycles. The smallest absolute Gasteiger partial charge is 0.256 e. The Morgan fingerprint density at radius 3 is 2.51 bits per heavy atom. The Hall–Kier alpha value is -3.26. The first-order valence-corrected chi connectivity index (χ1v) is 12.3. The van der Waals surface area contributed by atoms with E-state index in [0.717, 1.165) is 11.1 Å². The maximum atomic E-state index is 13.8. The van der Waals surface area contributed by atoms with Crippen LogP contribution in [0.25, 0.3) is 0 Å². The van der Waals surface area contributed by atoms with Crippen LogP contribution in [0.1, 0.15) is 54.6 Å². The lowest BCUT2D eigenvalue weighted by Crippen LogP contribution is -2.59. The number of benzene rings is 1. The van der Waals surface area contributed by atoms with Gasteiger partial charge in [0.25, 0.3) is 5.91 Å². The number of rotatable bonds is 6. The third kappa shape index (κ3) is 5.53. The molecule has 1 aromatic carbocycles. The summed E-state index contributed by atoms with van der Waals surface area (Å²) in [6.45, 7) is 7.45. The highest BCUT2D eigenvalue weighted by Crippen LogP contribution is 2.38. The lowest BCUT2D eigenvalue weighted by Gasteiger charge is -2.44. The Morgan fingerprint density at radius 2 is 1.86 bits per heavy atom. The summed E-state index contributed by atoms with van der Waals surface area (Å²) in [5.74, 6) is -0.0692. The van der Waals surface area contributed by atoms with Crippen molar-refractivity contribution in [1.82, 2.24) is 20.1 Å². The molecule has 0 bridgehead atoms. The number of hydrogen-bond donors (Lipinski definition) is 1. The molecule has 2 fully saturated rings. The van der Waals surface area contributed by atoms with Crippen molar-refractivity contribution in [1.29, 1.82) is 0 Å². The topological polar surface area (TPSA) is 91.8 Å². The minimum absolute atomic E-state index is 0.121. The molecule has 186 valence electrons. The molecule has 2 aliphatic heterocycles. The summed E-state index contributed by atoms with van der Waals surface area (Å²) in [5, 5.41) is 2.95. The maximum absolute atomic E-state index is 13.8. The molecule has 8 nitrogen and oxygen atoms in total. The molecule has 0 unspecified atom stereocenters. The summed E-state index contributed by atoms with van der Waals surface area (Å²) < 4.78 is 6.26. The van der Waals surface area contributed by atoms with Crippen LogP contribution >= 0.6 is 0 Å². The van der Waals surface area contributed by atoms with Crippen LogP contribution < -0.4 is 5.32 Å². The molecular weight excluding hydrogens is 444 g/mol. The zero-order valence-electron chi connectivity index (χ0n) is 20.7. The molecule has 2 aromatic rings. The Bertz CT molecular complexity index is 1060. The first-order valence-electron chi connectivity index (χ1n) is 12.3. The van der Waals surface area contributed by atoms with Gasteiger partial charge in [0.15, 0.2) is 0 Å². The average Bonchev–Trinajstić information content (AvgIpc) is 3.21. The number of amides is 3. The largest absolute Gasteiger partial charge is 0.353 e. The number of piperidine rings is 1. The van der Waals surface area contributed by atoms with Crippen molar-refractivity contribution in [2.45, 2.75) is 58.3 Å². The van der Waals surface area contributed by atoms with Gasteiger partial charge in [-0.25, -0.2) is 0 Å². The van der Waals surface area contributed by atoms with Gasteiger partial charge in [0.1, 0.15) is 11.8 Å². The van der Waals surface area contributed by atoms with E-state index >= 15 is 0 Å². The monoisotopic (exact) mass is 478 g/mol. The van der Waals surface area contributed by atoms with Crippen LogP contribution in [0.2, 0.25) is 0 Å². The third-order valence-electron chi connectivity index (χ3n) is 6.74. The van der Waals surface area contributed by atoms with Gasteiger partial charge in [0, 0.05) is 56.9 Å². The number of carbonyl (C=O) groups is 3. The highest BCUT2D eigenvalue weighted by molar-refractivity contribution is 5.98. The first kappa shape index (κ1) is 24.9. The van der Waals surface area contributed by atoms with Crippen molar-refractivity contribution >= 4 is 17.7 Å². The number of pyridine rings is 1. The molecule has 2 aliphatic rings. The number of likely N-dealkylation sites (tertiary alicyclic amines) is 1. The molecule has 3 heterocycles. The minimum atomic E-state index is -0.909. The average molecular weight is 479 g/mol. The molecule has 4 rings (SSSR count). The van der Waals surface area contributed by atoms with Gasteiger partial charge in [-0.3, -0.25) is 24.3 Å². The number of nitrogens with zero attached hydrogens (tertiary/aromatic N) is 3. The van der Waals surface area contributed by atoms with E-state index in [-0.39, 0.29) is 30.2 Å². The number of aryl methyl sites for hydroxylation is 1. The van der Waals surface area contributed by atoms with Gasteiger partial charge in [-0.05, 0) is 42.7 Å². The highest BCUT2D eigenvalue weighted by Gasteiger charge is 2.54. The molecule has 1 atom stereocenters. The quantitative estimate of drug-likeness (QED) is 0.689. The van der Waals surface area contributed by atoms with E-state index in [1.54, 1.807) is 23.4 Å². The summed E-state index contributed by atoms with van der Waals surface area (Å²) in [6.07, 6.45) is 4.80. The fraction of sp³-hybridized carbons (Fsp3) is 0.481. The normalized spacial score (nSPS) is 19.3. The molecule has 8 heteroatoms. The van der Waals surface area contributed by atoms with Crippen molar-refractivity contribution in [2.24, 2.45) is 5.92 Å². The van der Waals surface area contributed by atoms with Gasteiger partial charge in [-0.15, -0.1) is 0 Å². The van der Waals surface area contributed by atoms with Crippen LogP contribution in [0.4, 0.5) is 0 Å². The zero-order valence-corrected chi connectivity index (χ0v) is 20.7. The van der Waals surface area contributed by atoms with E-state index < -0.39 is 11.8 Å². The lowest BCUT2D eigenvalue weighted by molar-refractivity contribution is -0.144. The van der Waals surface area contributed by atoms with E-state index in [2.05, 4.69) is 10.3 Å². The second kappa shape index (κ2) is 10.6. The minimum Gasteiger partial charge on any atom is -0.353 e. The highest BCUT2D eigenvalue weighted by atomic mass is 16.5. The van der Waals surface area contributed by atoms with Gasteiger partial charge < -0.3 is 15.0 Å². The second-order valence-corrected chi connectivity index (χ2v) is 9.87. The van der Waals surface area contributed by atoms with Gasteiger partial charge in [0.2, 0.25) is 11.8 Å². The Morgan fingerprint density at radius 1 is 1.14 bits per heavy atom. The molecule has 35 heavy (non-hydrogen) atoms. The van der Waals surface area contributed by atoms with Crippen molar-refractivity contribution in [3.63, 3.8) is 0 Å². The van der Waals surface area contributed by atoms with Crippen LogP contribution in [0.5, 0.6) is 0 Å². The van der Waals surface area contributed by atoms with Crippen LogP contribution in [0.15, 0.2) is 48.8 Å². The molecule has 0 radical (unpaired) electrons. The summed E-state index contributed by atoms with van der Waals surface area (Å²) in [7, 11) is 0. The zero-order chi connectivity index (χ0) is 25.0. The van der Waals surface area contributed by atoms with Gasteiger partial charge in [0.05, 0.1) is 6.61 Å². The summed E-state index contributed by atoms with van der Waals surface area (Å²) in [6, 6.07) is 10.3. The maximum Gasteiger partial charge on any atom is 0.256 e. The summed E-state index contributed by atoms with van der Waals surface area (Å²) in [5.41, 5.74) is 1.52. The first-order chi connectivity index (χ1) is 16.8. The number of nitrogens with one attached hydrogen (secondary N) is 1. The van der Waals surface area contributed by atoms with Gasteiger partial charge >= 0.3 is 0 Å². The predicted molar refractivity (Wildman–Crippen MR) is 131 cm³/mol. The summed E-state index contributed by atoms with van der Waals surface area (Å²) in [4.78, 5) is 47.2. The second-order valence-electron chi connectivity index (χ2n) is 9.87. The molecule has 1 aromatic heterocycles. The van der Waals surface area contributed by atoms with Crippen LogP contribution in [-0.4, -0.2) is 64.0 Å². The molecule has 3 amide bonds. The molecular formula is C27H34N4O4. The number of hydrogen-bond acceptors (Lipinski definition) is 5. The Labute approximate surface area is 206 Å². The van der Waals surface area contributed by atoms with Crippen molar-refractivity contribution in [3.8, 4) is 0 Å². The fourth-order valence-electron chi connectivity index (χ4n) is 4.88. The number of ether oxygens (including phenoxy) is 1. The van der Waals surface area contributed by atoms with Crippen molar-refractivity contribution in [2.75, 3.05) is 19.7 Å². The van der Waals surface area contributed by atoms with E-state index in [1.807, 2.05) is 56.0 Å². The molecule has 0 saturated carbocycles. The SMILES string of the molecule is Cc1cccc(C(=O)N2[C@@H](C(=O)NCc3ccncc3)COC23CCN(C(=O)CC(C)C)CC3)c1. The van der Waals surface area contributed by atoms with E-state index in [4.69, 9.17) is 4.74 Å². The predicted octanol–water partition coefficient (Wildman–Crippen LogP) is 2.91. The van der Waals surface area contributed by atoms with Crippen molar-refractivity contribution < 1.29 is 19.1 Å². The fourth-order valence-corrected chi connectivity index (χ4v) is 4.88. The van der Waals surface area contributed by atoms with E-state index in [0.29, 0.717) is 44.5 Å². The number of aromatic nitrogens is 1. The van der Waals surface area contributed by atoms with Gasteiger partial charge in [-0.1, -0.05) is 31.5 Å². The number of carbonyl (C=O) groups excluding carboxylic acids is 3. The Balaban J connectivity index is 1.55.